The molecule has 2 nitrogen and oxygen atoms in total. The van der Waals surface area contributed by atoms with Gasteiger partial charge in [-0.05, 0) is 18.5 Å². The van der Waals surface area contributed by atoms with Crippen molar-refractivity contribution in [2.75, 3.05) is 19.7 Å². The van der Waals surface area contributed by atoms with Crippen molar-refractivity contribution in [2.24, 2.45) is 0 Å². The van der Waals surface area contributed by atoms with Gasteiger partial charge >= 0.3 is 0 Å². The molecule has 0 amide bonds. The third-order valence-electron chi connectivity index (χ3n) is 2.87. The van der Waals surface area contributed by atoms with Gasteiger partial charge in [0.1, 0.15) is 0 Å². The van der Waals surface area contributed by atoms with Gasteiger partial charge in [0.15, 0.2) is 0 Å². The van der Waals surface area contributed by atoms with Crippen molar-refractivity contribution in [1.29, 1.82) is 0 Å². The van der Waals surface area contributed by atoms with Crippen LogP contribution >= 0.6 is 0 Å². The second kappa shape index (κ2) is 5.29. The normalized spacial score (nSPS) is 19.5. The lowest BCUT2D eigenvalue weighted by molar-refractivity contribution is 0.260. The summed E-state index contributed by atoms with van der Waals surface area (Å²) < 4.78 is 5.23. The van der Waals surface area contributed by atoms with Crippen molar-refractivity contribution in [3.8, 4) is 0 Å². The van der Waals surface area contributed by atoms with Crippen LogP contribution in [0.3, 0.4) is 0 Å². The maximum atomic E-state index is 5.23. The molecule has 1 fully saturated rings. The summed E-state index contributed by atoms with van der Waals surface area (Å²) in [7, 11) is 0. The minimum Gasteiger partial charge on any atom is -0.373 e. The Morgan fingerprint density at radius 3 is 2.67 bits per heavy atom. The first-order chi connectivity index (χ1) is 7.38. The van der Waals surface area contributed by atoms with E-state index >= 15 is 0 Å². The van der Waals surface area contributed by atoms with Crippen molar-refractivity contribution in [2.45, 2.75) is 26.0 Å². The Labute approximate surface area is 91.9 Å². The summed E-state index contributed by atoms with van der Waals surface area (Å²) >= 11 is 0. The molecule has 0 spiro atoms. The van der Waals surface area contributed by atoms with Crippen LogP contribution in [-0.2, 0) is 11.3 Å². The van der Waals surface area contributed by atoms with Crippen LogP contribution in [0.5, 0.6) is 0 Å². The van der Waals surface area contributed by atoms with Gasteiger partial charge < -0.3 is 4.74 Å². The molecule has 1 aromatic rings. The molecule has 0 saturated carbocycles. The average Bonchev–Trinajstić information content (AvgIpc) is 3.09. The Hall–Kier alpha value is -0.860. The van der Waals surface area contributed by atoms with Gasteiger partial charge in [-0.1, -0.05) is 37.3 Å². The van der Waals surface area contributed by atoms with Crippen LogP contribution in [0.25, 0.3) is 0 Å². The molecule has 0 bridgehead atoms. The van der Waals surface area contributed by atoms with Crippen LogP contribution in [0.1, 0.15) is 18.9 Å². The zero-order valence-electron chi connectivity index (χ0n) is 9.36. The Kier molecular flexibility index (Phi) is 3.75. The van der Waals surface area contributed by atoms with Crippen LogP contribution in [0.2, 0.25) is 0 Å². The van der Waals surface area contributed by atoms with E-state index in [1.807, 2.05) is 0 Å². The van der Waals surface area contributed by atoms with E-state index in [-0.39, 0.29) is 0 Å². The monoisotopic (exact) mass is 205 g/mol. The molecule has 82 valence electrons. The molecule has 0 aliphatic carbocycles. The SMILES string of the molecule is CCN(CCC1CO1)Cc1ccccc1. The number of epoxide rings is 1. The summed E-state index contributed by atoms with van der Waals surface area (Å²) in [5, 5.41) is 0. The minimum absolute atomic E-state index is 0.551. The highest BCUT2D eigenvalue weighted by Crippen LogP contribution is 2.14. The van der Waals surface area contributed by atoms with Gasteiger partial charge in [0.05, 0.1) is 12.7 Å². The van der Waals surface area contributed by atoms with Gasteiger partial charge in [-0.15, -0.1) is 0 Å². The second-order valence-electron chi connectivity index (χ2n) is 4.10. The molecule has 1 heterocycles. The lowest BCUT2D eigenvalue weighted by Gasteiger charge is -2.19. The lowest BCUT2D eigenvalue weighted by atomic mass is 10.2. The third-order valence-corrected chi connectivity index (χ3v) is 2.87. The summed E-state index contributed by atoms with van der Waals surface area (Å²) in [5.41, 5.74) is 1.40. The molecule has 1 aromatic carbocycles. The highest BCUT2D eigenvalue weighted by molar-refractivity contribution is 5.14. The summed E-state index contributed by atoms with van der Waals surface area (Å²) in [6.45, 7) is 6.52. The van der Waals surface area contributed by atoms with E-state index < -0.39 is 0 Å². The van der Waals surface area contributed by atoms with Gasteiger partial charge in [0, 0.05) is 13.1 Å². The summed E-state index contributed by atoms with van der Waals surface area (Å²) in [5.74, 6) is 0. The van der Waals surface area contributed by atoms with E-state index in [1.54, 1.807) is 0 Å². The first kappa shape index (κ1) is 10.7. The van der Waals surface area contributed by atoms with E-state index in [4.69, 9.17) is 4.74 Å². The molecule has 0 aromatic heterocycles. The zero-order chi connectivity index (χ0) is 10.5. The van der Waals surface area contributed by atoms with Crippen LogP contribution in [0, 0.1) is 0 Å². The largest absolute Gasteiger partial charge is 0.373 e. The first-order valence-electron chi connectivity index (χ1n) is 5.76. The molecule has 2 rings (SSSR count). The number of hydrogen-bond acceptors (Lipinski definition) is 2. The van der Waals surface area contributed by atoms with Gasteiger partial charge in [-0.25, -0.2) is 0 Å². The van der Waals surface area contributed by atoms with E-state index in [2.05, 4.69) is 42.2 Å². The molecule has 15 heavy (non-hydrogen) atoms. The van der Waals surface area contributed by atoms with Crippen LogP contribution in [-0.4, -0.2) is 30.7 Å². The number of hydrogen-bond donors (Lipinski definition) is 0. The van der Waals surface area contributed by atoms with E-state index in [0.717, 1.165) is 26.2 Å². The molecule has 1 atom stereocenters. The van der Waals surface area contributed by atoms with Crippen molar-refractivity contribution in [1.82, 2.24) is 4.90 Å². The number of benzene rings is 1. The Morgan fingerprint density at radius 2 is 2.07 bits per heavy atom. The number of nitrogens with zero attached hydrogens (tertiary/aromatic N) is 1. The maximum absolute atomic E-state index is 5.23. The van der Waals surface area contributed by atoms with Crippen molar-refractivity contribution < 1.29 is 4.74 Å². The quantitative estimate of drug-likeness (QED) is 0.662. The standard InChI is InChI=1S/C13H19NO/c1-2-14(9-8-13-11-15-13)10-12-6-4-3-5-7-12/h3-7,13H,2,8-11H2,1H3. The molecule has 2 heteroatoms. The zero-order valence-corrected chi connectivity index (χ0v) is 9.36. The predicted octanol–water partition coefficient (Wildman–Crippen LogP) is 2.30. The number of ether oxygens (including phenoxy) is 1. The second-order valence-corrected chi connectivity index (χ2v) is 4.10. The molecule has 1 saturated heterocycles. The van der Waals surface area contributed by atoms with E-state index in [9.17, 15) is 0 Å². The van der Waals surface area contributed by atoms with Crippen molar-refractivity contribution in [3.05, 3.63) is 35.9 Å². The Balaban J connectivity index is 1.78. The Morgan fingerprint density at radius 1 is 1.33 bits per heavy atom. The summed E-state index contributed by atoms with van der Waals surface area (Å²) in [6.07, 6.45) is 1.73. The Bertz CT molecular complexity index is 282. The highest BCUT2D eigenvalue weighted by Gasteiger charge is 2.22. The first-order valence-corrected chi connectivity index (χ1v) is 5.76. The number of rotatable bonds is 6. The smallest absolute Gasteiger partial charge is 0.0822 e. The lowest BCUT2D eigenvalue weighted by Crippen LogP contribution is -2.24. The molecule has 1 unspecified atom stereocenters. The fraction of sp³-hybridized carbons (Fsp3) is 0.538. The van der Waals surface area contributed by atoms with Crippen LogP contribution < -0.4 is 0 Å². The average molecular weight is 205 g/mol. The molecular formula is C13H19NO. The van der Waals surface area contributed by atoms with Crippen molar-refractivity contribution >= 4 is 0 Å². The van der Waals surface area contributed by atoms with Gasteiger partial charge in [0.2, 0.25) is 0 Å². The van der Waals surface area contributed by atoms with Crippen LogP contribution in [0.4, 0.5) is 0 Å². The predicted molar refractivity (Wildman–Crippen MR) is 61.8 cm³/mol. The topological polar surface area (TPSA) is 15.8 Å². The highest BCUT2D eigenvalue weighted by atomic mass is 16.6. The molecule has 1 aliphatic rings. The van der Waals surface area contributed by atoms with E-state index in [1.165, 1.54) is 12.0 Å². The fourth-order valence-electron chi connectivity index (χ4n) is 1.75. The summed E-state index contributed by atoms with van der Waals surface area (Å²) in [6, 6.07) is 10.7. The third kappa shape index (κ3) is 3.65. The molecule has 0 N–H and O–H groups in total. The molecule has 0 radical (unpaired) electrons. The van der Waals surface area contributed by atoms with Gasteiger partial charge in [-0.3, -0.25) is 4.90 Å². The minimum atomic E-state index is 0.551. The summed E-state index contributed by atoms with van der Waals surface area (Å²) in [4.78, 5) is 2.47. The molecular weight excluding hydrogens is 186 g/mol. The van der Waals surface area contributed by atoms with Gasteiger partial charge in [-0.2, -0.15) is 0 Å². The fourth-order valence-corrected chi connectivity index (χ4v) is 1.75. The van der Waals surface area contributed by atoms with Crippen molar-refractivity contribution in [3.63, 3.8) is 0 Å². The maximum Gasteiger partial charge on any atom is 0.0822 e. The van der Waals surface area contributed by atoms with Gasteiger partial charge in [0.25, 0.3) is 0 Å². The van der Waals surface area contributed by atoms with Crippen LogP contribution in [0.15, 0.2) is 30.3 Å². The molecule has 1 aliphatic heterocycles. The van der Waals surface area contributed by atoms with E-state index in [0.29, 0.717) is 6.10 Å².